The third-order valence-electron chi connectivity index (χ3n) is 28.7. The van der Waals surface area contributed by atoms with E-state index in [2.05, 4.69) is 81.6 Å². The minimum atomic E-state index is -4.25. The molecule has 0 aromatic carbocycles. The molecule has 0 radical (unpaired) electrons. The van der Waals surface area contributed by atoms with Gasteiger partial charge in [-0.05, 0) is 195 Å². The number of quaternary nitrogens is 1. The molecule has 12 N–H and O–H groups in total. The van der Waals surface area contributed by atoms with Crippen LogP contribution in [0.15, 0.2) is 0 Å². The Hall–Kier alpha value is -2.49. The topological polar surface area (TPSA) is 380 Å². The van der Waals surface area contributed by atoms with Crippen LogP contribution in [0.5, 0.6) is 0 Å². The van der Waals surface area contributed by atoms with Gasteiger partial charge in [0.25, 0.3) is 0 Å². The average molecular weight is 1590 g/mol. The van der Waals surface area contributed by atoms with Gasteiger partial charge in [0.2, 0.25) is 20.0 Å². The van der Waals surface area contributed by atoms with E-state index < -0.39 is 87.9 Å². The number of ketones is 3. The van der Waals surface area contributed by atoms with E-state index in [4.69, 9.17) is 42.9 Å². The first kappa shape index (κ1) is 92.7. The fourth-order valence-electron chi connectivity index (χ4n) is 20.3. The molecule has 0 aromatic heterocycles. The molecule has 34 heteroatoms. The number of amides is 1. The van der Waals surface area contributed by atoms with Gasteiger partial charge in [0.15, 0.2) is 5.78 Å². The second-order valence-corrected chi connectivity index (χ2v) is 40.9. The molecule has 16 fully saturated rings. The monoisotopic (exact) mass is 1590 g/mol. The number of sulfonamides is 2. The Morgan fingerprint density at radius 3 is 1.10 bits per heavy atom. The summed E-state index contributed by atoms with van der Waals surface area (Å²) in [5, 5.41) is 36.5. The number of Topliss-reactive ketones (excluding diaryl/α,β-unsaturated/α-hetero) is 3. The maximum Gasteiger partial charge on any atom is 0.470 e. The third kappa shape index (κ3) is 22.0. The van der Waals surface area contributed by atoms with Crippen molar-refractivity contribution in [2.45, 2.75) is 339 Å². The van der Waals surface area contributed by atoms with Crippen LogP contribution in [-0.2, 0) is 67.2 Å². The summed E-state index contributed by atoms with van der Waals surface area (Å²) in [7, 11) is -8.45. The summed E-state index contributed by atoms with van der Waals surface area (Å²) in [6, 6.07) is -2.13. The molecule has 3 aliphatic heterocycles. The first-order valence-corrected chi connectivity index (χ1v) is 43.8. The van der Waals surface area contributed by atoms with Crippen LogP contribution < -0.4 is 38.6 Å². The summed E-state index contributed by atoms with van der Waals surface area (Å²) < 4.78 is 129. The molecule has 108 heavy (non-hydrogen) atoms. The zero-order valence-corrected chi connectivity index (χ0v) is 69.5. The predicted octanol–water partition coefficient (Wildman–Crippen LogP) is 7.10. The van der Waals surface area contributed by atoms with E-state index in [1.54, 1.807) is 20.9 Å². The van der Waals surface area contributed by atoms with Gasteiger partial charge >= 0.3 is 46.7 Å². The Bertz CT molecular complexity index is 3300. The Labute approximate surface area is 649 Å². The van der Waals surface area contributed by atoms with Gasteiger partial charge in [0, 0.05) is 36.7 Å². The lowest BCUT2D eigenvalue weighted by Gasteiger charge is -2.64. The van der Waals surface area contributed by atoms with Crippen molar-refractivity contribution in [1.82, 2.24) is 14.8 Å². The van der Waals surface area contributed by atoms with Gasteiger partial charge in [0.1, 0.15) is 23.7 Å². The normalized spacial score (nSPS) is 33.6. The smallest absolute Gasteiger partial charge is 0.470 e. The molecule has 4 unspecified atom stereocenters. The number of carbonyl (C=O) groups excluding carboxylic acids is 3. The number of primary amides is 1. The van der Waals surface area contributed by atoms with Crippen LogP contribution in [0.2, 0.25) is 23.3 Å². The molecular formula is C74H131B4ClF3N5O19S2. The predicted molar refractivity (Wildman–Crippen MR) is 404 cm³/mol. The van der Waals surface area contributed by atoms with Gasteiger partial charge in [-0.15, -0.1) is 0 Å². The maximum absolute atomic E-state index is 13.6. The lowest BCUT2D eigenvalue weighted by Crippen LogP contribution is -3.00. The molecule has 16 aliphatic rings. The standard InChI is InChI=1S/C21H36BNO5S.C20H34BNO3.C17H26BF3O2.C11H22BNO5S.C4H9NO2.CH3NO2.ClH/c1-13(23-29(5,25)26)17(24)12-16(9-14-7-6-8-14)22-27-19-11-15-10-18(20(15,2)3)21(19,4)28-22;1-12(22)16(23)11-15(8-13-6-5-7-13)21-24-18-10-14-9-17(19(14,2)3)20(18,4)25-21;1-15(2)11-8-12(15)16(3)14(9-11)22-18(23-16)13(17(19,20)21)7-10-5-4-6-10;1-8(13-19(2,17)18)11(14)7-10(12(15)16)6-9-4-3-5-9;1-3(5-2)4(6)7;2-1(3)4;/h13-16,18-19,23H,6-12H2,1-5H3;12-15,17-18H,5-11,22H2,1-4H3;10-14H,4-9H2,1-3H3;8-10,13,15-16H,3-7H2,1-2H3;3,5H,1-2H3,(H,6,7);2H2,(H,3,4);1H/t13?,15-,16+,18-,19+,21-;12?,14-,15+,17-,18+,20-;11-,12-,13+,14+,16-;8?,10-;;;/m0001.../s1. The van der Waals surface area contributed by atoms with Crippen LogP contribution in [0.3, 0.4) is 0 Å². The van der Waals surface area contributed by atoms with Crippen molar-refractivity contribution in [2.75, 3.05) is 19.6 Å². The van der Waals surface area contributed by atoms with Crippen molar-refractivity contribution in [1.29, 1.82) is 0 Å². The minimum Gasteiger partial charge on any atom is -1.00 e. The number of alkyl halides is 3. The van der Waals surface area contributed by atoms with E-state index in [0.29, 0.717) is 66.1 Å². The van der Waals surface area contributed by atoms with Crippen LogP contribution in [-0.4, -0.2) is 180 Å². The second-order valence-electron chi connectivity index (χ2n) is 37.3. The van der Waals surface area contributed by atoms with Crippen molar-refractivity contribution in [3.63, 3.8) is 0 Å². The summed E-state index contributed by atoms with van der Waals surface area (Å²) in [6.45, 7) is 27.0. The fourth-order valence-corrected chi connectivity index (χ4v) is 21.9. The SMILES string of the molecule is CC(NS(C)(=O)=O)C(=O)C[C@@H](CC1CCC1)B(O)O.CC(NS(C)(=O)=O)C(=O)C[C@@H](CC1CCC1)B1O[C@@H]2C[C@@H]3C[C@@H](C3(C)C)[C@]2(C)O1.CC([NH3+])C(=O)C[C@@H](CC1CCC1)B1O[C@@H]2C[C@@H]3C[C@@H](C3(C)C)[C@]2(C)O1.CC1(C)[C@@H]2C[C@H]3OB([C@H](CC4CCC4)C(F)(F)F)O[C@@]3(C)[C@H]1C2.CNC(C)C(=O)O.NC(=O)O.[Cl-]. The van der Waals surface area contributed by atoms with E-state index in [9.17, 15) is 59.2 Å². The molecule has 3 saturated heterocycles. The van der Waals surface area contributed by atoms with Crippen molar-refractivity contribution in [3.8, 4) is 0 Å². The molecule has 6 bridgehead atoms. The molecule has 16 rings (SSSR count). The molecule has 3 heterocycles. The van der Waals surface area contributed by atoms with Gasteiger partial charge in [-0.2, -0.15) is 13.2 Å². The van der Waals surface area contributed by atoms with Gasteiger partial charge in [-0.25, -0.2) is 31.1 Å². The summed E-state index contributed by atoms with van der Waals surface area (Å²) in [6.07, 6.45) is 20.5. The van der Waals surface area contributed by atoms with Gasteiger partial charge < -0.3 is 77.4 Å². The number of rotatable bonds is 27. The van der Waals surface area contributed by atoms with Crippen molar-refractivity contribution in [2.24, 2.45) is 81.2 Å². The number of hydrogen-bond donors (Lipinski definition) is 9. The van der Waals surface area contributed by atoms with E-state index >= 15 is 0 Å². The van der Waals surface area contributed by atoms with E-state index in [-0.39, 0.29) is 121 Å². The Balaban J connectivity index is 0.000000192. The summed E-state index contributed by atoms with van der Waals surface area (Å²) in [4.78, 5) is 55.7. The fraction of sp³-hybridized carbons (Fsp3) is 0.932. The maximum atomic E-state index is 13.6. The van der Waals surface area contributed by atoms with Crippen molar-refractivity contribution in [3.05, 3.63) is 0 Å². The zero-order chi connectivity index (χ0) is 79.9. The molecular weight excluding hydrogens is 1460 g/mol. The largest absolute Gasteiger partial charge is 1.00 e. The Kier molecular flexibility index (Phi) is 31.2. The number of carboxylic acids is 1. The molecule has 20 atom stereocenters. The lowest BCUT2D eigenvalue weighted by molar-refractivity contribution is -0.397. The van der Waals surface area contributed by atoms with E-state index in [1.807, 2.05) is 13.8 Å². The Morgan fingerprint density at radius 1 is 0.528 bits per heavy atom. The van der Waals surface area contributed by atoms with E-state index in [0.717, 1.165) is 101 Å². The zero-order valence-electron chi connectivity index (χ0n) is 67.1. The number of halogens is 4. The first-order chi connectivity index (χ1) is 49.3. The highest BCUT2D eigenvalue weighted by molar-refractivity contribution is 7.89. The number of nitrogens with one attached hydrogen (secondary N) is 3. The van der Waals surface area contributed by atoms with Crippen molar-refractivity contribution < 1.29 is 120 Å². The van der Waals surface area contributed by atoms with Crippen molar-refractivity contribution >= 4 is 77.9 Å². The van der Waals surface area contributed by atoms with Gasteiger partial charge in [-0.3, -0.25) is 19.2 Å². The second kappa shape index (κ2) is 36.4. The average Bonchev–Trinajstić information content (AvgIpc) is 1.40. The Morgan fingerprint density at radius 2 is 0.833 bits per heavy atom. The highest BCUT2D eigenvalue weighted by Gasteiger charge is 2.72. The molecule has 1 amide bonds. The molecule has 13 saturated carbocycles. The van der Waals surface area contributed by atoms with Crippen LogP contribution in [0, 0.1) is 75.4 Å². The number of nitrogens with two attached hydrogens (primary N) is 1. The van der Waals surface area contributed by atoms with Crippen LogP contribution >= 0.6 is 0 Å². The van der Waals surface area contributed by atoms with Crippen LogP contribution in [0.25, 0.3) is 0 Å². The first-order valence-electron chi connectivity index (χ1n) is 40.0. The van der Waals surface area contributed by atoms with Crippen LogP contribution in [0.1, 0.15) is 251 Å². The lowest BCUT2D eigenvalue weighted by atomic mass is 9.43. The molecule has 0 aromatic rings. The number of carboxylic acid groups (broad SMARTS) is 2. The summed E-state index contributed by atoms with van der Waals surface area (Å²) >= 11 is 0. The number of carbonyl (C=O) groups is 5. The quantitative estimate of drug-likeness (QED) is 0.0370. The number of aliphatic carboxylic acids is 1. The summed E-state index contributed by atoms with van der Waals surface area (Å²) in [5.74, 6) is 2.66. The molecule has 24 nitrogen and oxygen atoms in total. The van der Waals surface area contributed by atoms with E-state index in [1.165, 1.54) is 58.3 Å². The van der Waals surface area contributed by atoms with Crippen LogP contribution in [0.4, 0.5) is 18.0 Å². The molecule has 618 valence electrons. The number of hydrogen-bond acceptors (Lipinski definition) is 18. The highest BCUT2D eigenvalue weighted by atomic mass is 35.5. The molecule has 13 aliphatic carbocycles. The van der Waals surface area contributed by atoms with Gasteiger partial charge in [-0.1, -0.05) is 119 Å². The minimum absolute atomic E-state index is 0. The highest BCUT2D eigenvalue weighted by Crippen LogP contribution is 2.69. The molecule has 0 spiro atoms. The third-order valence-corrected chi connectivity index (χ3v) is 30.3. The van der Waals surface area contributed by atoms with Gasteiger partial charge in [0.05, 0.1) is 65.5 Å². The summed E-state index contributed by atoms with van der Waals surface area (Å²) in [5.41, 5.74) is 7.77. The number of likely N-dealkylation sites (N-methyl/N-ethyl adjacent to an activating group) is 1.